The van der Waals surface area contributed by atoms with Gasteiger partial charge in [-0.25, -0.2) is 0 Å². The van der Waals surface area contributed by atoms with Gasteiger partial charge >= 0.3 is 5.97 Å². The van der Waals surface area contributed by atoms with Crippen LogP contribution >= 0.6 is 11.6 Å². The summed E-state index contributed by atoms with van der Waals surface area (Å²) < 4.78 is 12.8. The molecule has 35 heavy (non-hydrogen) atoms. The van der Waals surface area contributed by atoms with Crippen LogP contribution in [0.15, 0.2) is 53.8 Å². The Labute approximate surface area is 218 Å². The highest BCUT2D eigenvalue weighted by atomic mass is 35.5. The van der Waals surface area contributed by atoms with Crippen molar-refractivity contribution in [2.45, 2.75) is 53.2 Å². The van der Waals surface area contributed by atoms with Gasteiger partial charge in [-0.3, -0.25) is 4.79 Å². The molecule has 1 aromatic heterocycles. The van der Waals surface area contributed by atoms with Crippen molar-refractivity contribution in [1.82, 2.24) is 0 Å². The molecule has 0 aliphatic heterocycles. The normalized spacial score (nSPS) is 11.2. The number of nitrogens with two attached hydrogens (primary N) is 1. The summed E-state index contributed by atoms with van der Waals surface area (Å²) in [6, 6.07) is 11.0. The van der Waals surface area contributed by atoms with Gasteiger partial charge in [0.25, 0.3) is 6.73 Å². The number of anilines is 1. The molecule has 0 saturated heterocycles. The maximum Gasteiger partial charge on any atom is 0.316 e. The smallest absolute Gasteiger partial charge is 0.316 e. The summed E-state index contributed by atoms with van der Waals surface area (Å²) in [5.74, 6) is 0.686. The molecule has 10 heteroatoms. The number of pyridine rings is 1. The molecule has 2 N–H and O–H groups in total. The Hall–Kier alpha value is -3.02. The fourth-order valence-corrected chi connectivity index (χ4v) is 3.13. The molecule has 8 nitrogen and oxygen atoms in total. The van der Waals surface area contributed by atoms with Crippen LogP contribution in [0.25, 0.3) is 0 Å². The molecule has 0 aliphatic carbocycles. The number of hydrogen-bond acceptors (Lipinski definition) is 5. The van der Waals surface area contributed by atoms with Gasteiger partial charge in [0.15, 0.2) is 12.4 Å². The number of unbranched alkanes of at least 4 members (excludes halogenated alkanes) is 3. The van der Waals surface area contributed by atoms with E-state index in [0.29, 0.717) is 18.2 Å². The molecule has 2 rings (SSSR count). The standard InChI is InChI=1S/C25H33ClN5O3.ClH/c1-25(2,3)23(32)34-19-30-15-12-21(13-16-30)31(24(28)29-18-27)14-6-4-5-7-17-33-22-10-8-20(26)9-11-22;/h8-13,15-16H,4-7,14,17,19H2,1-3H3,(H2,28,29);1H/q+1;/p-1. The van der Waals surface area contributed by atoms with Gasteiger partial charge in [0.1, 0.15) is 5.75 Å². The number of hydrogen-bond donors (Lipinski definition) is 1. The van der Waals surface area contributed by atoms with Crippen molar-refractivity contribution >= 4 is 29.2 Å². The number of aliphatic imine (C=N–C) groups is 1. The number of esters is 1. The summed E-state index contributed by atoms with van der Waals surface area (Å²) in [5, 5.41) is 9.61. The molecule has 1 aromatic carbocycles. The van der Waals surface area contributed by atoms with Crippen LogP contribution in [0.3, 0.4) is 0 Å². The number of nitriles is 1. The lowest BCUT2D eigenvalue weighted by molar-refractivity contribution is -0.727. The lowest BCUT2D eigenvalue weighted by atomic mass is 9.98. The minimum atomic E-state index is -0.554. The summed E-state index contributed by atoms with van der Waals surface area (Å²) in [6.07, 6.45) is 9.14. The van der Waals surface area contributed by atoms with Crippen LogP contribution in [0.2, 0.25) is 5.02 Å². The van der Waals surface area contributed by atoms with Crippen molar-refractivity contribution in [1.29, 1.82) is 5.26 Å². The summed E-state index contributed by atoms with van der Waals surface area (Å²) >= 11 is 5.88. The van der Waals surface area contributed by atoms with Crippen LogP contribution in [-0.4, -0.2) is 25.1 Å². The number of halogens is 2. The second kappa shape index (κ2) is 15.1. The molecule has 0 amide bonds. The topological polar surface area (TPSA) is 105 Å². The van der Waals surface area contributed by atoms with Crippen molar-refractivity contribution in [3.05, 3.63) is 53.8 Å². The SMILES string of the molecule is CC(C)(C)C(=O)OC[n+]1ccc(N(CCCCCCOc2ccc(Cl)cc2)C(N)=NC#N)cc1.[Cl-]. The zero-order chi connectivity index (χ0) is 25.0. The van der Waals surface area contributed by atoms with Crippen LogP contribution in [0.4, 0.5) is 5.69 Å². The highest BCUT2D eigenvalue weighted by molar-refractivity contribution is 6.30. The van der Waals surface area contributed by atoms with E-state index in [2.05, 4.69) is 4.99 Å². The number of guanidine groups is 1. The van der Waals surface area contributed by atoms with Crippen LogP contribution in [0.5, 0.6) is 5.75 Å². The molecule has 0 atom stereocenters. The van der Waals surface area contributed by atoms with Gasteiger partial charge in [-0.15, -0.1) is 4.99 Å². The molecule has 0 fully saturated rings. The first-order valence-corrected chi connectivity index (χ1v) is 11.6. The molecule has 0 unspecified atom stereocenters. The molecule has 0 radical (unpaired) electrons. The van der Waals surface area contributed by atoms with Crippen LogP contribution in [0, 0.1) is 16.9 Å². The number of benzene rings is 1. The van der Waals surface area contributed by atoms with E-state index in [4.69, 9.17) is 32.1 Å². The van der Waals surface area contributed by atoms with Gasteiger partial charge in [-0.1, -0.05) is 24.4 Å². The Kier molecular flexibility index (Phi) is 12.9. The Morgan fingerprint density at radius 1 is 1.11 bits per heavy atom. The van der Waals surface area contributed by atoms with Gasteiger partial charge in [-0.05, 0) is 57.9 Å². The number of carbonyl (C=O) groups excluding carboxylic acids is 1. The number of nitrogens with zero attached hydrogens (tertiary/aromatic N) is 4. The van der Waals surface area contributed by atoms with Crippen molar-refractivity contribution in [3.8, 4) is 11.9 Å². The van der Waals surface area contributed by atoms with Gasteiger partial charge in [0.05, 0.1) is 17.7 Å². The van der Waals surface area contributed by atoms with E-state index >= 15 is 0 Å². The molecule has 0 bridgehead atoms. The third-order valence-electron chi connectivity index (χ3n) is 4.94. The third kappa shape index (κ3) is 10.8. The van der Waals surface area contributed by atoms with E-state index < -0.39 is 5.41 Å². The molecular formula is C25H33Cl2N5O3. The van der Waals surface area contributed by atoms with Gasteiger partial charge < -0.3 is 32.5 Å². The van der Waals surface area contributed by atoms with Crippen LogP contribution < -0.4 is 32.3 Å². The monoisotopic (exact) mass is 521 g/mol. The van der Waals surface area contributed by atoms with E-state index in [-0.39, 0.29) is 31.1 Å². The fourth-order valence-electron chi connectivity index (χ4n) is 3.00. The highest BCUT2D eigenvalue weighted by Crippen LogP contribution is 2.17. The number of rotatable bonds is 11. The summed E-state index contributed by atoms with van der Waals surface area (Å²) in [4.78, 5) is 17.5. The summed E-state index contributed by atoms with van der Waals surface area (Å²) in [5.41, 5.74) is 6.28. The molecule has 1 heterocycles. The predicted octanol–water partition coefficient (Wildman–Crippen LogP) is 1.42. The largest absolute Gasteiger partial charge is 1.00 e. The van der Waals surface area contributed by atoms with Crippen molar-refractivity contribution in [3.63, 3.8) is 0 Å². The second-order valence-corrected chi connectivity index (χ2v) is 9.26. The first-order valence-electron chi connectivity index (χ1n) is 11.2. The maximum atomic E-state index is 12.0. The van der Waals surface area contributed by atoms with Crippen molar-refractivity contribution in [2.24, 2.45) is 16.1 Å². The lowest BCUT2D eigenvalue weighted by Crippen LogP contribution is -3.00. The zero-order valence-electron chi connectivity index (χ0n) is 20.4. The molecule has 0 aliphatic rings. The Balaban J connectivity index is 0.00000612. The first-order chi connectivity index (χ1) is 16.2. The Morgan fingerprint density at radius 3 is 2.34 bits per heavy atom. The lowest BCUT2D eigenvalue weighted by Gasteiger charge is -2.22. The van der Waals surface area contributed by atoms with E-state index in [1.807, 2.05) is 57.2 Å². The number of ether oxygens (including phenoxy) is 2. The highest BCUT2D eigenvalue weighted by Gasteiger charge is 2.24. The Morgan fingerprint density at radius 2 is 1.74 bits per heavy atom. The molecular weight excluding hydrogens is 489 g/mol. The average molecular weight is 522 g/mol. The van der Waals surface area contributed by atoms with Crippen LogP contribution in [-0.2, 0) is 16.3 Å². The molecule has 2 aromatic rings. The summed E-state index contributed by atoms with van der Waals surface area (Å²) in [6.45, 7) is 6.82. The minimum absolute atomic E-state index is 0. The number of carbonyl (C=O) groups is 1. The Bertz CT molecular complexity index is 984. The fraction of sp³-hybridized carbons (Fsp3) is 0.440. The quantitative estimate of drug-likeness (QED) is 0.120. The predicted molar refractivity (Wildman–Crippen MR) is 132 cm³/mol. The van der Waals surface area contributed by atoms with Crippen molar-refractivity contribution < 1.29 is 31.2 Å². The third-order valence-corrected chi connectivity index (χ3v) is 5.19. The van der Waals surface area contributed by atoms with Crippen LogP contribution in [0.1, 0.15) is 46.5 Å². The number of aromatic nitrogens is 1. The second-order valence-electron chi connectivity index (χ2n) is 8.82. The average Bonchev–Trinajstić information content (AvgIpc) is 2.80. The minimum Gasteiger partial charge on any atom is -1.00 e. The molecule has 0 spiro atoms. The van der Waals surface area contributed by atoms with Gasteiger partial charge in [0, 0.05) is 23.7 Å². The first kappa shape index (κ1) is 30.0. The maximum absolute atomic E-state index is 12.0. The summed E-state index contributed by atoms with van der Waals surface area (Å²) in [7, 11) is 0. The van der Waals surface area contributed by atoms with Gasteiger partial charge in [0.2, 0.25) is 12.2 Å². The van der Waals surface area contributed by atoms with E-state index in [0.717, 1.165) is 37.1 Å². The van der Waals surface area contributed by atoms with Crippen molar-refractivity contribution in [2.75, 3.05) is 18.1 Å². The van der Waals surface area contributed by atoms with E-state index in [9.17, 15) is 4.79 Å². The van der Waals surface area contributed by atoms with Gasteiger partial charge in [-0.2, -0.15) is 9.83 Å². The molecule has 190 valence electrons. The van der Waals surface area contributed by atoms with E-state index in [1.165, 1.54) is 0 Å². The molecule has 0 saturated carbocycles. The van der Waals surface area contributed by atoms with E-state index in [1.54, 1.807) is 28.1 Å². The zero-order valence-corrected chi connectivity index (χ0v) is 21.9.